The maximum atomic E-state index is 9.42. The van der Waals surface area contributed by atoms with Crippen LogP contribution in [0, 0.1) is 5.92 Å². The lowest BCUT2D eigenvalue weighted by molar-refractivity contribution is 0.275. The van der Waals surface area contributed by atoms with Crippen molar-refractivity contribution in [3.63, 3.8) is 0 Å². The molecule has 0 aliphatic carbocycles. The molecule has 1 saturated heterocycles. The predicted molar refractivity (Wildman–Crippen MR) is 59.0 cm³/mol. The van der Waals surface area contributed by atoms with Crippen molar-refractivity contribution in [2.24, 2.45) is 5.92 Å². The van der Waals surface area contributed by atoms with Crippen LogP contribution in [0.3, 0.4) is 0 Å². The minimum absolute atomic E-state index is 0.232. The van der Waals surface area contributed by atoms with Gasteiger partial charge in [0.2, 0.25) is 0 Å². The maximum absolute atomic E-state index is 9.42. The van der Waals surface area contributed by atoms with Gasteiger partial charge in [-0.3, -0.25) is 0 Å². The van der Waals surface area contributed by atoms with Crippen molar-refractivity contribution in [2.45, 2.75) is 6.42 Å². The molecule has 0 amide bonds. The molecule has 1 fully saturated rings. The Balaban J connectivity index is 1.76. The van der Waals surface area contributed by atoms with Crippen LogP contribution in [-0.2, 0) is 0 Å². The molecule has 1 heterocycles. The van der Waals surface area contributed by atoms with Crippen molar-refractivity contribution in [2.75, 3.05) is 18.1 Å². The van der Waals surface area contributed by atoms with Gasteiger partial charge in [-0.1, -0.05) is 12.1 Å². The Hall–Kier alpha value is -0.830. The fraction of sp³-hybridized carbons (Fsp3) is 0.455. The predicted octanol–water partition coefficient (Wildman–Crippen LogP) is 2.52. The highest BCUT2D eigenvalue weighted by molar-refractivity contribution is 8.00. The zero-order valence-electron chi connectivity index (χ0n) is 7.98. The van der Waals surface area contributed by atoms with Crippen LogP contribution in [0.5, 0.6) is 11.5 Å². The fourth-order valence-corrected chi connectivity index (χ4v) is 2.27. The van der Waals surface area contributed by atoms with Gasteiger partial charge in [-0.15, -0.1) is 0 Å². The highest BCUT2D eigenvalue weighted by Crippen LogP contribution is 2.29. The van der Waals surface area contributed by atoms with Crippen molar-refractivity contribution in [1.29, 1.82) is 0 Å². The molecule has 0 aromatic heterocycles. The molecular formula is C11H14O2S. The molecule has 1 aliphatic rings. The largest absolute Gasteiger partial charge is 0.504 e. The van der Waals surface area contributed by atoms with Crippen molar-refractivity contribution in [1.82, 2.24) is 0 Å². The molecule has 0 atom stereocenters. The van der Waals surface area contributed by atoms with E-state index in [2.05, 4.69) is 0 Å². The van der Waals surface area contributed by atoms with Gasteiger partial charge in [0, 0.05) is 0 Å². The summed E-state index contributed by atoms with van der Waals surface area (Å²) in [5.74, 6) is 4.19. The maximum Gasteiger partial charge on any atom is 0.160 e. The number of rotatable bonds is 4. The van der Waals surface area contributed by atoms with E-state index in [4.69, 9.17) is 4.74 Å². The minimum atomic E-state index is 0.232. The summed E-state index contributed by atoms with van der Waals surface area (Å²) in [5, 5.41) is 9.42. The molecule has 14 heavy (non-hydrogen) atoms. The molecule has 76 valence electrons. The molecule has 0 saturated carbocycles. The molecule has 0 unspecified atom stereocenters. The van der Waals surface area contributed by atoms with E-state index >= 15 is 0 Å². The van der Waals surface area contributed by atoms with E-state index in [1.165, 1.54) is 11.5 Å². The molecule has 1 aliphatic heterocycles. The first-order valence-electron chi connectivity index (χ1n) is 4.85. The molecule has 1 aromatic carbocycles. The van der Waals surface area contributed by atoms with E-state index in [1.807, 2.05) is 17.8 Å². The molecule has 2 nitrogen and oxygen atoms in total. The smallest absolute Gasteiger partial charge is 0.160 e. The summed E-state index contributed by atoms with van der Waals surface area (Å²) in [6, 6.07) is 7.11. The second-order valence-electron chi connectivity index (χ2n) is 3.51. The van der Waals surface area contributed by atoms with Gasteiger partial charge in [-0.05, 0) is 36.0 Å². The molecule has 3 heteroatoms. The fourth-order valence-electron chi connectivity index (χ4n) is 1.37. The minimum Gasteiger partial charge on any atom is -0.504 e. The topological polar surface area (TPSA) is 29.5 Å². The number of hydrogen-bond donors (Lipinski definition) is 1. The molecule has 0 spiro atoms. The third-order valence-electron chi connectivity index (χ3n) is 2.36. The number of phenols is 1. The molecule has 1 aromatic rings. The molecule has 2 rings (SSSR count). The van der Waals surface area contributed by atoms with Crippen LogP contribution in [0.4, 0.5) is 0 Å². The third kappa shape index (κ3) is 2.35. The number of thioether (sulfide) groups is 1. The van der Waals surface area contributed by atoms with Gasteiger partial charge in [0.25, 0.3) is 0 Å². The number of hydrogen-bond acceptors (Lipinski definition) is 3. The van der Waals surface area contributed by atoms with Crippen molar-refractivity contribution in [3.8, 4) is 11.5 Å². The summed E-state index contributed by atoms with van der Waals surface area (Å²) < 4.78 is 5.48. The van der Waals surface area contributed by atoms with Crippen molar-refractivity contribution >= 4 is 11.8 Å². The monoisotopic (exact) mass is 210 g/mol. The normalized spacial score (nSPS) is 16.3. The van der Waals surface area contributed by atoms with Gasteiger partial charge >= 0.3 is 0 Å². The van der Waals surface area contributed by atoms with Crippen LogP contribution < -0.4 is 4.74 Å². The number of benzene rings is 1. The van der Waals surface area contributed by atoms with Gasteiger partial charge < -0.3 is 9.84 Å². The number of para-hydroxylation sites is 2. The standard InChI is InChI=1S/C11H14O2S/c12-10-3-1-2-4-11(10)13-6-5-9-7-14-8-9/h1-4,9,12H,5-8H2. The Kier molecular flexibility index (Phi) is 3.19. The SMILES string of the molecule is Oc1ccccc1OCCC1CSC1. The lowest BCUT2D eigenvalue weighted by atomic mass is 10.1. The number of phenolic OH excluding ortho intramolecular Hbond substituents is 1. The van der Waals surface area contributed by atoms with E-state index in [0.29, 0.717) is 12.4 Å². The summed E-state index contributed by atoms with van der Waals surface area (Å²) in [5.41, 5.74) is 0. The first-order chi connectivity index (χ1) is 6.86. The lowest BCUT2D eigenvalue weighted by Gasteiger charge is -2.24. The number of aromatic hydroxyl groups is 1. The van der Waals surface area contributed by atoms with E-state index in [1.54, 1.807) is 18.2 Å². The Bertz CT molecular complexity index is 297. The van der Waals surface area contributed by atoms with E-state index in [-0.39, 0.29) is 5.75 Å². The van der Waals surface area contributed by atoms with Crippen LogP contribution in [-0.4, -0.2) is 23.2 Å². The lowest BCUT2D eigenvalue weighted by Crippen LogP contribution is -2.20. The van der Waals surface area contributed by atoms with E-state index in [9.17, 15) is 5.11 Å². The van der Waals surface area contributed by atoms with Gasteiger partial charge in [-0.2, -0.15) is 11.8 Å². The molecular weight excluding hydrogens is 196 g/mol. The highest BCUT2D eigenvalue weighted by Gasteiger charge is 2.17. The third-order valence-corrected chi connectivity index (χ3v) is 3.77. The molecule has 0 bridgehead atoms. The van der Waals surface area contributed by atoms with Crippen LogP contribution in [0.15, 0.2) is 24.3 Å². The van der Waals surface area contributed by atoms with Crippen molar-refractivity contribution < 1.29 is 9.84 Å². The summed E-state index contributed by atoms with van der Waals surface area (Å²) in [6.45, 7) is 0.711. The second kappa shape index (κ2) is 4.60. The van der Waals surface area contributed by atoms with Crippen molar-refractivity contribution in [3.05, 3.63) is 24.3 Å². The molecule has 0 radical (unpaired) electrons. The average Bonchev–Trinajstić information content (AvgIpc) is 2.12. The van der Waals surface area contributed by atoms with Crippen LogP contribution >= 0.6 is 11.8 Å². The van der Waals surface area contributed by atoms with E-state index in [0.717, 1.165) is 12.3 Å². The average molecular weight is 210 g/mol. The zero-order chi connectivity index (χ0) is 9.80. The van der Waals surface area contributed by atoms with Gasteiger partial charge in [0.15, 0.2) is 11.5 Å². The molecule has 1 N–H and O–H groups in total. The Morgan fingerprint density at radius 2 is 2.14 bits per heavy atom. The second-order valence-corrected chi connectivity index (χ2v) is 4.58. The van der Waals surface area contributed by atoms with Crippen LogP contribution in [0.2, 0.25) is 0 Å². The Labute approximate surface area is 88.3 Å². The number of ether oxygens (including phenoxy) is 1. The van der Waals surface area contributed by atoms with Gasteiger partial charge in [-0.25, -0.2) is 0 Å². The van der Waals surface area contributed by atoms with Crippen LogP contribution in [0.1, 0.15) is 6.42 Å². The quantitative estimate of drug-likeness (QED) is 0.828. The van der Waals surface area contributed by atoms with Gasteiger partial charge in [0.1, 0.15) is 0 Å². The van der Waals surface area contributed by atoms with Gasteiger partial charge in [0.05, 0.1) is 6.61 Å². The van der Waals surface area contributed by atoms with E-state index < -0.39 is 0 Å². The summed E-state index contributed by atoms with van der Waals surface area (Å²) in [7, 11) is 0. The first-order valence-corrected chi connectivity index (χ1v) is 6.00. The summed E-state index contributed by atoms with van der Waals surface area (Å²) in [4.78, 5) is 0. The zero-order valence-corrected chi connectivity index (χ0v) is 8.80. The Morgan fingerprint density at radius 1 is 1.36 bits per heavy atom. The summed E-state index contributed by atoms with van der Waals surface area (Å²) >= 11 is 1.99. The highest BCUT2D eigenvalue weighted by atomic mass is 32.2. The summed E-state index contributed by atoms with van der Waals surface area (Å²) in [6.07, 6.45) is 1.10. The Morgan fingerprint density at radius 3 is 2.79 bits per heavy atom. The van der Waals surface area contributed by atoms with Crippen LogP contribution in [0.25, 0.3) is 0 Å². The first kappa shape index (κ1) is 9.71.